The topological polar surface area (TPSA) is 50.1 Å². The van der Waals surface area contributed by atoms with Gasteiger partial charge >= 0.3 is 0 Å². The van der Waals surface area contributed by atoms with E-state index in [1.807, 2.05) is 6.92 Å². The van der Waals surface area contributed by atoms with Crippen LogP contribution in [0.3, 0.4) is 0 Å². The summed E-state index contributed by atoms with van der Waals surface area (Å²) in [6.07, 6.45) is 4.65. The Kier molecular flexibility index (Phi) is 1.70. The summed E-state index contributed by atoms with van der Waals surface area (Å²) in [5.74, 6) is 0. The van der Waals surface area contributed by atoms with Gasteiger partial charge in [-0.3, -0.25) is 0 Å². The van der Waals surface area contributed by atoms with Crippen molar-refractivity contribution in [3.8, 4) is 0 Å². The highest BCUT2D eigenvalue weighted by Gasteiger charge is 2.19. The largest absolute Gasteiger partial charge is 0.618 e. The summed E-state index contributed by atoms with van der Waals surface area (Å²) in [5.41, 5.74) is 2.89. The third-order valence-corrected chi connectivity index (χ3v) is 2.78. The minimum absolute atomic E-state index is 0.540. The molecule has 0 aliphatic carbocycles. The lowest BCUT2D eigenvalue weighted by atomic mass is 10.0. The van der Waals surface area contributed by atoms with Gasteiger partial charge in [0.1, 0.15) is 0 Å². The summed E-state index contributed by atoms with van der Waals surface area (Å²) in [4.78, 5) is 0. The Labute approximate surface area is 92.2 Å². The van der Waals surface area contributed by atoms with Crippen molar-refractivity contribution in [3.63, 3.8) is 0 Å². The van der Waals surface area contributed by atoms with Crippen molar-refractivity contribution in [1.82, 2.24) is 0 Å². The van der Waals surface area contributed by atoms with Gasteiger partial charge in [-0.1, -0.05) is 5.21 Å². The SMILES string of the molecule is Cc1cc2c3c(cc[n+]([O-])c3c1)C=CN2[O]. The number of hydroxylamine groups is 1. The Bertz CT molecular complexity index is 620. The van der Waals surface area contributed by atoms with E-state index in [9.17, 15) is 10.4 Å². The van der Waals surface area contributed by atoms with E-state index in [2.05, 4.69) is 0 Å². The van der Waals surface area contributed by atoms with Crippen molar-refractivity contribution in [1.29, 1.82) is 0 Å². The first-order chi connectivity index (χ1) is 7.66. The Hall–Kier alpha value is -2.07. The smallest absolute Gasteiger partial charge is 0.226 e. The van der Waals surface area contributed by atoms with Gasteiger partial charge in [-0.15, -0.1) is 0 Å². The summed E-state index contributed by atoms with van der Waals surface area (Å²) in [6.45, 7) is 1.87. The van der Waals surface area contributed by atoms with E-state index in [4.69, 9.17) is 0 Å². The van der Waals surface area contributed by atoms with Gasteiger partial charge < -0.3 is 5.21 Å². The maximum absolute atomic E-state index is 11.7. The summed E-state index contributed by atoms with van der Waals surface area (Å²) in [7, 11) is 0. The first-order valence-electron chi connectivity index (χ1n) is 4.98. The maximum Gasteiger partial charge on any atom is 0.226 e. The molecule has 0 spiro atoms. The van der Waals surface area contributed by atoms with Gasteiger partial charge in [0.25, 0.3) is 0 Å². The molecule has 0 saturated carbocycles. The Morgan fingerprint density at radius 1 is 1.38 bits per heavy atom. The first-order valence-corrected chi connectivity index (χ1v) is 4.98. The van der Waals surface area contributed by atoms with E-state index in [1.54, 1.807) is 24.3 Å². The van der Waals surface area contributed by atoms with Crippen LogP contribution >= 0.6 is 0 Å². The average Bonchev–Trinajstić information content (AvgIpc) is 2.27. The van der Waals surface area contributed by atoms with Gasteiger partial charge in [0.15, 0.2) is 6.20 Å². The fourth-order valence-corrected chi connectivity index (χ4v) is 2.07. The second-order valence-electron chi connectivity index (χ2n) is 3.92. The van der Waals surface area contributed by atoms with Crippen LogP contribution in [0.5, 0.6) is 0 Å². The molecule has 0 bridgehead atoms. The van der Waals surface area contributed by atoms with Crippen LogP contribution in [0.1, 0.15) is 11.1 Å². The summed E-state index contributed by atoms with van der Waals surface area (Å²) < 4.78 is 0.794. The fraction of sp³-hybridized carbons (Fsp3) is 0.0833. The van der Waals surface area contributed by atoms with Crippen LogP contribution in [0.2, 0.25) is 0 Å². The van der Waals surface area contributed by atoms with Crippen molar-refractivity contribution >= 4 is 22.7 Å². The molecule has 0 fully saturated rings. The zero-order chi connectivity index (χ0) is 11.3. The summed E-state index contributed by atoms with van der Waals surface area (Å²) >= 11 is 0. The van der Waals surface area contributed by atoms with Crippen LogP contribution < -0.4 is 9.79 Å². The number of aryl methyl sites for hydroxylation is 1. The molecule has 4 heteroatoms. The van der Waals surface area contributed by atoms with E-state index in [-0.39, 0.29) is 0 Å². The average molecular weight is 213 g/mol. The number of rotatable bonds is 0. The highest BCUT2D eigenvalue weighted by Crippen LogP contribution is 2.33. The number of pyridine rings is 1. The molecule has 3 rings (SSSR count). The van der Waals surface area contributed by atoms with Crippen LogP contribution in [-0.4, -0.2) is 0 Å². The standard InChI is InChI=1S/C12H9N2O2/c1-8-6-10-12-9(2-4-13(10)15)3-5-14(16)11(12)7-8/h2-7H,1H3. The van der Waals surface area contributed by atoms with Crippen LogP contribution in [0.15, 0.2) is 30.6 Å². The summed E-state index contributed by atoms with van der Waals surface area (Å²) in [6, 6.07) is 5.31. The number of anilines is 1. The molecule has 79 valence electrons. The molecule has 1 aromatic carbocycles. The lowest BCUT2D eigenvalue weighted by Gasteiger charge is -2.18. The van der Waals surface area contributed by atoms with Gasteiger partial charge in [0, 0.05) is 18.3 Å². The van der Waals surface area contributed by atoms with Gasteiger partial charge in [-0.05, 0) is 30.2 Å². The molecule has 2 aromatic rings. The molecule has 1 aliphatic heterocycles. The van der Waals surface area contributed by atoms with Crippen molar-refractivity contribution in [2.24, 2.45) is 0 Å². The molecule has 0 unspecified atom stereocenters. The number of aromatic nitrogens is 1. The molecular formula is C12H9N2O2. The lowest BCUT2D eigenvalue weighted by Crippen LogP contribution is -2.27. The van der Waals surface area contributed by atoms with Crippen molar-refractivity contribution in [2.45, 2.75) is 6.92 Å². The predicted octanol–water partition coefficient (Wildman–Crippen LogP) is 1.92. The molecule has 4 nitrogen and oxygen atoms in total. The van der Waals surface area contributed by atoms with Crippen molar-refractivity contribution in [2.75, 3.05) is 5.06 Å². The van der Waals surface area contributed by atoms with Crippen LogP contribution in [0.25, 0.3) is 17.0 Å². The number of benzene rings is 1. The van der Waals surface area contributed by atoms with Crippen LogP contribution in [0, 0.1) is 12.1 Å². The molecule has 1 aromatic heterocycles. The first kappa shape index (κ1) is 9.18. The van der Waals surface area contributed by atoms with Crippen molar-refractivity contribution < 1.29 is 9.94 Å². The summed E-state index contributed by atoms with van der Waals surface area (Å²) in [5, 5.41) is 24.8. The van der Waals surface area contributed by atoms with Gasteiger partial charge in [-0.25, -0.2) is 0 Å². The molecular weight excluding hydrogens is 204 g/mol. The zero-order valence-electron chi connectivity index (χ0n) is 8.68. The van der Waals surface area contributed by atoms with Crippen LogP contribution in [-0.2, 0) is 5.21 Å². The van der Waals surface area contributed by atoms with Gasteiger partial charge in [0.05, 0.1) is 11.1 Å². The Morgan fingerprint density at radius 2 is 2.19 bits per heavy atom. The number of hydrogen-bond donors (Lipinski definition) is 0. The molecule has 0 atom stereocenters. The van der Waals surface area contributed by atoms with Gasteiger partial charge in [-0.2, -0.15) is 9.79 Å². The highest BCUT2D eigenvalue weighted by atomic mass is 16.5. The third-order valence-electron chi connectivity index (χ3n) is 2.78. The molecule has 1 aliphatic rings. The van der Waals surface area contributed by atoms with E-state index < -0.39 is 0 Å². The molecule has 0 N–H and O–H groups in total. The second-order valence-corrected chi connectivity index (χ2v) is 3.92. The quantitative estimate of drug-likeness (QED) is 0.496. The van der Waals surface area contributed by atoms with Crippen molar-refractivity contribution in [3.05, 3.63) is 46.9 Å². The molecule has 0 amide bonds. The number of hydrogen-bond acceptors (Lipinski definition) is 2. The Balaban J connectivity index is 2.54. The molecule has 2 heterocycles. The molecule has 0 saturated heterocycles. The molecule has 16 heavy (non-hydrogen) atoms. The monoisotopic (exact) mass is 213 g/mol. The minimum Gasteiger partial charge on any atom is -0.618 e. The zero-order valence-corrected chi connectivity index (χ0v) is 8.68. The van der Waals surface area contributed by atoms with E-state index >= 15 is 0 Å². The fourth-order valence-electron chi connectivity index (χ4n) is 2.07. The lowest BCUT2D eigenvalue weighted by molar-refractivity contribution is -0.577. The normalized spacial score (nSPS) is 13.5. The van der Waals surface area contributed by atoms with E-state index in [0.717, 1.165) is 26.3 Å². The molecule has 1 radical (unpaired) electrons. The highest BCUT2D eigenvalue weighted by molar-refractivity contribution is 5.99. The van der Waals surface area contributed by atoms with Crippen LogP contribution in [0.4, 0.5) is 5.69 Å². The van der Waals surface area contributed by atoms with Gasteiger partial charge in [0.2, 0.25) is 5.52 Å². The number of nitrogens with zero attached hydrogens (tertiary/aromatic N) is 2. The Morgan fingerprint density at radius 3 is 3.00 bits per heavy atom. The predicted molar refractivity (Wildman–Crippen MR) is 59.8 cm³/mol. The minimum atomic E-state index is 0.540. The van der Waals surface area contributed by atoms with E-state index in [0.29, 0.717) is 11.2 Å². The van der Waals surface area contributed by atoms with E-state index in [1.165, 1.54) is 12.4 Å². The maximum atomic E-state index is 11.7. The third kappa shape index (κ3) is 1.10. The second kappa shape index (κ2) is 2.96.